The lowest BCUT2D eigenvalue weighted by molar-refractivity contribution is 0.594. The van der Waals surface area contributed by atoms with Crippen LogP contribution in [0.25, 0.3) is 0 Å². The van der Waals surface area contributed by atoms with Crippen LogP contribution in [-0.4, -0.2) is 0 Å². The third-order valence-electron chi connectivity index (χ3n) is 3.27. The lowest BCUT2D eigenvalue weighted by atomic mass is 10.1. The van der Waals surface area contributed by atoms with Crippen LogP contribution < -0.4 is 0 Å². The van der Waals surface area contributed by atoms with Crippen LogP contribution in [0.2, 0.25) is 0 Å². The van der Waals surface area contributed by atoms with Crippen molar-refractivity contribution < 1.29 is 0 Å². The van der Waals surface area contributed by atoms with Gasteiger partial charge in [-0.2, -0.15) is 0 Å². The summed E-state index contributed by atoms with van der Waals surface area (Å²) in [5, 5.41) is 0. The Labute approximate surface area is 133 Å². The molecule has 0 saturated carbocycles. The Bertz CT molecular complexity index is 392. The van der Waals surface area contributed by atoms with Crippen molar-refractivity contribution in [1.29, 1.82) is 0 Å². The van der Waals surface area contributed by atoms with Gasteiger partial charge in [-0.25, -0.2) is 0 Å². The Balaban J connectivity index is 0.00000122. The minimum atomic E-state index is 1.04. The second-order valence-electron chi connectivity index (χ2n) is 5.70. The van der Waals surface area contributed by atoms with Crippen LogP contribution in [0.15, 0.2) is 24.3 Å². The Morgan fingerprint density at radius 3 is 2.00 bits per heavy atom. The molecular weight excluding hydrogens is 252 g/mol. The minimum absolute atomic E-state index is 1.04. The van der Waals surface area contributed by atoms with Gasteiger partial charge in [0.2, 0.25) is 0 Å². The van der Waals surface area contributed by atoms with Gasteiger partial charge in [-0.15, -0.1) is 0 Å². The molecule has 21 heavy (non-hydrogen) atoms. The third kappa shape index (κ3) is 12.2. The highest BCUT2D eigenvalue weighted by Gasteiger charge is 1.91. The molecule has 0 bridgehead atoms. The molecule has 0 fully saturated rings. The maximum atomic E-state index is 3.29. The van der Waals surface area contributed by atoms with Crippen LogP contribution in [0, 0.1) is 18.8 Å². The van der Waals surface area contributed by atoms with Crippen molar-refractivity contribution >= 4 is 0 Å². The summed E-state index contributed by atoms with van der Waals surface area (Å²) >= 11 is 0. The average Bonchev–Trinajstić information content (AvgIpc) is 2.48. The van der Waals surface area contributed by atoms with Crippen LogP contribution >= 0.6 is 0 Å². The highest BCUT2D eigenvalue weighted by molar-refractivity contribution is 5.40. The first-order valence-electron chi connectivity index (χ1n) is 8.80. The summed E-state index contributed by atoms with van der Waals surface area (Å²) in [5.41, 5.74) is 2.46. The normalized spacial score (nSPS) is 9.33. The third-order valence-corrected chi connectivity index (χ3v) is 3.27. The number of unbranched alkanes of at least 4 members (excludes halogenated alkanes) is 7. The molecule has 0 atom stereocenters. The highest BCUT2D eigenvalue weighted by atomic mass is 14.0. The molecule has 0 spiro atoms. The highest BCUT2D eigenvalue weighted by Crippen LogP contribution is 2.08. The van der Waals surface area contributed by atoms with Gasteiger partial charge in [0.25, 0.3) is 0 Å². The first-order chi connectivity index (χ1) is 10.3. The maximum Gasteiger partial charge on any atom is 0.0274 e. The fraction of sp³-hybridized carbons (Fsp3) is 0.619. The molecule has 0 heteroatoms. The lowest BCUT2D eigenvalue weighted by Crippen LogP contribution is -1.81. The standard InChI is InChI=1S/C18H26.C3H8/c1-3-4-5-6-7-8-9-10-11-15-18-16-13-12-14-17(18)2;1-3-2/h12-14,16H,3-10H2,1-2H3;3H2,1-2H3. The quantitative estimate of drug-likeness (QED) is 0.377. The van der Waals surface area contributed by atoms with Gasteiger partial charge in [-0.05, 0) is 25.0 Å². The number of hydrogen-bond donors (Lipinski definition) is 0. The average molecular weight is 287 g/mol. The van der Waals surface area contributed by atoms with Crippen LogP contribution in [-0.2, 0) is 0 Å². The second-order valence-corrected chi connectivity index (χ2v) is 5.70. The summed E-state index contributed by atoms with van der Waals surface area (Å²) in [4.78, 5) is 0. The van der Waals surface area contributed by atoms with Crippen molar-refractivity contribution in [3.8, 4) is 11.8 Å². The van der Waals surface area contributed by atoms with E-state index in [9.17, 15) is 0 Å². The predicted molar refractivity (Wildman–Crippen MR) is 96.6 cm³/mol. The van der Waals surface area contributed by atoms with Crippen LogP contribution in [0.5, 0.6) is 0 Å². The monoisotopic (exact) mass is 286 g/mol. The summed E-state index contributed by atoms with van der Waals surface area (Å²) in [6.45, 7) is 8.64. The summed E-state index contributed by atoms with van der Waals surface area (Å²) in [7, 11) is 0. The lowest BCUT2D eigenvalue weighted by Gasteiger charge is -1.98. The molecule has 0 unspecified atom stereocenters. The molecule has 0 amide bonds. The van der Waals surface area contributed by atoms with Gasteiger partial charge in [0.05, 0.1) is 0 Å². The summed E-state index contributed by atoms with van der Waals surface area (Å²) in [6, 6.07) is 8.35. The molecule has 0 aliphatic carbocycles. The topological polar surface area (TPSA) is 0 Å². The molecule has 0 aliphatic rings. The Morgan fingerprint density at radius 1 is 0.810 bits per heavy atom. The van der Waals surface area contributed by atoms with Crippen molar-refractivity contribution in [3.05, 3.63) is 35.4 Å². The molecule has 1 rings (SSSR count). The number of aryl methyl sites for hydroxylation is 1. The first-order valence-corrected chi connectivity index (χ1v) is 8.80. The zero-order chi connectivity index (χ0) is 15.8. The first kappa shape index (κ1) is 19.8. The van der Waals surface area contributed by atoms with Crippen LogP contribution in [0.4, 0.5) is 0 Å². The molecule has 0 N–H and O–H groups in total. The zero-order valence-corrected chi connectivity index (χ0v) is 14.7. The fourth-order valence-corrected chi connectivity index (χ4v) is 2.04. The van der Waals surface area contributed by atoms with E-state index in [2.05, 4.69) is 63.8 Å². The molecule has 1 aromatic rings. The number of hydrogen-bond acceptors (Lipinski definition) is 0. The Hall–Kier alpha value is -1.22. The van der Waals surface area contributed by atoms with Gasteiger partial charge in [0, 0.05) is 12.0 Å². The van der Waals surface area contributed by atoms with E-state index in [4.69, 9.17) is 0 Å². The van der Waals surface area contributed by atoms with E-state index in [0.29, 0.717) is 0 Å². The van der Waals surface area contributed by atoms with Crippen molar-refractivity contribution in [3.63, 3.8) is 0 Å². The van der Waals surface area contributed by atoms with E-state index in [1.165, 1.54) is 62.5 Å². The fourth-order valence-electron chi connectivity index (χ4n) is 2.04. The van der Waals surface area contributed by atoms with Crippen LogP contribution in [0.1, 0.15) is 89.7 Å². The maximum absolute atomic E-state index is 3.29. The molecule has 1 aromatic carbocycles. The smallest absolute Gasteiger partial charge is 0.0274 e. The van der Waals surface area contributed by atoms with Gasteiger partial charge < -0.3 is 0 Å². The largest absolute Gasteiger partial charge is 0.0979 e. The predicted octanol–water partition coefficient (Wildman–Crippen LogP) is 6.90. The van der Waals surface area contributed by atoms with E-state index < -0.39 is 0 Å². The Morgan fingerprint density at radius 2 is 1.38 bits per heavy atom. The van der Waals surface area contributed by atoms with Crippen molar-refractivity contribution in [1.82, 2.24) is 0 Å². The molecule has 0 aromatic heterocycles. The van der Waals surface area contributed by atoms with Gasteiger partial charge in [0.15, 0.2) is 0 Å². The molecule has 0 nitrogen and oxygen atoms in total. The zero-order valence-electron chi connectivity index (χ0n) is 14.7. The van der Waals surface area contributed by atoms with Gasteiger partial charge in [-0.3, -0.25) is 0 Å². The molecule has 0 radical (unpaired) electrons. The molecule has 0 heterocycles. The molecule has 0 saturated heterocycles. The molecular formula is C21H34. The van der Waals surface area contributed by atoms with E-state index >= 15 is 0 Å². The van der Waals surface area contributed by atoms with E-state index in [0.717, 1.165) is 6.42 Å². The number of benzene rings is 1. The van der Waals surface area contributed by atoms with Crippen molar-refractivity contribution in [2.24, 2.45) is 0 Å². The molecule has 0 aliphatic heterocycles. The van der Waals surface area contributed by atoms with E-state index in [1.54, 1.807) is 0 Å². The Kier molecular flexibility index (Phi) is 14.3. The second kappa shape index (κ2) is 15.2. The number of rotatable bonds is 7. The van der Waals surface area contributed by atoms with Crippen LogP contribution in [0.3, 0.4) is 0 Å². The van der Waals surface area contributed by atoms with Crippen molar-refractivity contribution in [2.45, 2.75) is 85.5 Å². The summed E-state index contributed by atoms with van der Waals surface area (Å²) in [5.74, 6) is 6.57. The van der Waals surface area contributed by atoms with Gasteiger partial charge >= 0.3 is 0 Å². The van der Waals surface area contributed by atoms with Gasteiger partial charge in [-0.1, -0.05) is 95.8 Å². The minimum Gasteiger partial charge on any atom is -0.0979 e. The van der Waals surface area contributed by atoms with E-state index in [-0.39, 0.29) is 0 Å². The molecule has 118 valence electrons. The SMILES string of the molecule is CCC.CCCCCCCCCC#Cc1ccccc1C. The summed E-state index contributed by atoms with van der Waals surface area (Å²) < 4.78 is 0. The van der Waals surface area contributed by atoms with E-state index in [1.807, 2.05) is 0 Å². The van der Waals surface area contributed by atoms with Gasteiger partial charge in [0.1, 0.15) is 0 Å². The summed E-state index contributed by atoms with van der Waals surface area (Å²) in [6.07, 6.45) is 11.8. The van der Waals surface area contributed by atoms with Crippen molar-refractivity contribution in [2.75, 3.05) is 0 Å².